The van der Waals surface area contributed by atoms with Crippen LogP contribution in [0.3, 0.4) is 0 Å². The molecule has 9 heavy (non-hydrogen) atoms. The molecular formula is C6H12N2O. The molecule has 0 aromatic heterocycles. The minimum absolute atomic E-state index is 0.383. The van der Waals surface area contributed by atoms with Crippen LogP contribution < -0.4 is 0 Å². The normalized spacial score (nSPS) is 44.7. The molecule has 3 saturated heterocycles. The van der Waals surface area contributed by atoms with Crippen molar-refractivity contribution >= 4 is 0 Å². The van der Waals surface area contributed by atoms with Crippen LogP contribution in [0.15, 0.2) is 0 Å². The van der Waals surface area contributed by atoms with E-state index >= 15 is 0 Å². The first-order valence-corrected chi connectivity index (χ1v) is 3.33. The van der Waals surface area contributed by atoms with Gasteiger partial charge in [0.25, 0.3) is 0 Å². The van der Waals surface area contributed by atoms with E-state index in [2.05, 4.69) is 23.9 Å². The lowest BCUT2D eigenvalue weighted by atomic mass is 10.2. The number of morpholine rings is 1. The SMILES string of the molecule is CN1CC2OC(C1)N2C. The van der Waals surface area contributed by atoms with Crippen molar-refractivity contribution in [1.29, 1.82) is 0 Å². The fraction of sp³-hybridized carbons (Fsp3) is 1.00. The second-order valence-electron chi connectivity index (χ2n) is 2.93. The third kappa shape index (κ3) is 0.689. The Kier molecular flexibility index (Phi) is 1.06. The third-order valence-corrected chi connectivity index (χ3v) is 2.16. The van der Waals surface area contributed by atoms with E-state index in [0.717, 1.165) is 13.1 Å². The summed E-state index contributed by atoms with van der Waals surface area (Å²) in [6, 6.07) is 0. The summed E-state index contributed by atoms with van der Waals surface area (Å²) in [4.78, 5) is 4.58. The van der Waals surface area contributed by atoms with Gasteiger partial charge >= 0.3 is 0 Å². The maximum absolute atomic E-state index is 5.44. The van der Waals surface area contributed by atoms with Gasteiger partial charge in [0.2, 0.25) is 0 Å². The zero-order valence-corrected chi connectivity index (χ0v) is 5.87. The smallest absolute Gasteiger partial charge is 0.127 e. The molecule has 0 N–H and O–H groups in total. The number of hydrogen-bond donors (Lipinski definition) is 0. The second kappa shape index (κ2) is 1.68. The van der Waals surface area contributed by atoms with Crippen LogP contribution >= 0.6 is 0 Å². The van der Waals surface area contributed by atoms with Gasteiger partial charge in [-0.15, -0.1) is 0 Å². The molecule has 0 aromatic carbocycles. The number of piperazine rings is 1. The first-order chi connectivity index (χ1) is 4.27. The van der Waals surface area contributed by atoms with Crippen LogP contribution in [-0.2, 0) is 4.74 Å². The topological polar surface area (TPSA) is 15.7 Å². The molecule has 0 saturated carbocycles. The Morgan fingerprint density at radius 1 is 1.22 bits per heavy atom. The molecule has 0 radical (unpaired) electrons. The Bertz CT molecular complexity index is 116. The highest BCUT2D eigenvalue weighted by Crippen LogP contribution is 2.25. The van der Waals surface area contributed by atoms with Gasteiger partial charge in [0.05, 0.1) is 0 Å². The third-order valence-electron chi connectivity index (χ3n) is 2.16. The number of rotatable bonds is 0. The predicted octanol–water partition coefficient (Wildman–Crippen LogP) is -0.454. The van der Waals surface area contributed by atoms with E-state index in [0.29, 0.717) is 12.5 Å². The van der Waals surface area contributed by atoms with Crippen molar-refractivity contribution in [2.75, 3.05) is 27.2 Å². The maximum Gasteiger partial charge on any atom is 0.127 e. The van der Waals surface area contributed by atoms with Crippen molar-refractivity contribution in [3.8, 4) is 0 Å². The Morgan fingerprint density at radius 2 is 1.78 bits per heavy atom. The van der Waals surface area contributed by atoms with Crippen molar-refractivity contribution < 1.29 is 4.74 Å². The number of hydrogen-bond acceptors (Lipinski definition) is 3. The van der Waals surface area contributed by atoms with E-state index in [1.807, 2.05) is 0 Å². The van der Waals surface area contributed by atoms with E-state index in [1.165, 1.54) is 0 Å². The molecule has 0 amide bonds. The molecule has 3 fully saturated rings. The lowest BCUT2D eigenvalue weighted by Gasteiger charge is -2.53. The van der Waals surface area contributed by atoms with Gasteiger partial charge in [-0.25, -0.2) is 0 Å². The summed E-state index contributed by atoms with van der Waals surface area (Å²) in [6.07, 6.45) is 0.766. The molecule has 0 aliphatic carbocycles. The lowest BCUT2D eigenvalue weighted by molar-refractivity contribution is -0.308. The van der Waals surface area contributed by atoms with Crippen molar-refractivity contribution in [3.05, 3.63) is 0 Å². The van der Waals surface area contributed by atoms with Gasteiger partial charge < -0.3 is 4.74 Å². The van der Waals surface area contributed by atoms with Crippen LogP contribution in [0.4, 0.5) is 0 Å². The zero-order valence-electron chi connectivity index (χ0n) is 5.87. The number of likely N-dealkylation sites (N-methyl/N-ethyl adjacent to an activating group) is 2. The Balaban J connectivity index is 2.01. The van der Waals surface area contributed by atoms with Gasteiger partial charge in [-0.05, 0) is 14.1 Å². The summed E-state index contributed by atoms with van der Waals surface area (Å²) in [6.45, 7) is 2.12. The Morgan fingerprint density at radius 3 is 2.11 bits per heavy atom. The standard InChI is InChI=1S/C6H12N2O/c1-7-3-5-8(2)6(4-7)9-5/h5-6H,3-4H2,1-2H3. The average molecular weight is 128 g/mol. The molecule has 0 aromatic rings. The van der Waals surface area contributed by atoms with Crippen LogP contribution in [0, 0.1) is 0 Å². The first-order valence-electron chi connectivity index (χ1n) is 3.33. The molecule has 52 valence electrons. The van der Waals surface area contributed by atoms with E-state index in [9.17, 15) is 0 Å². The molecule has 2 bridgehead atoms. The van der Waals surface area contributed by atoms with Gasteiger partial charge in [-0.1, -0.05) is 0 Å². The quantitative estimate of drug-likeness (QED) is 0.439. The average Bonchev–Trinajstić information content (AvgIpc) is 1.87. The van der Waals surface area contributed by atoms with Crippen LogP contribution in [0.1, 0.15) is 0 Å². The first kappa shape index (κ1) is 5.65. The number of ether oxygens (including phenoxy) is 1. The molecule has 3 aliphatic heterocycles. The molecule has 2 unspecified atom stereocenters. The lowest BCUT2D eigenvalue weighted by Crippen LogP contribution is -2.68. The summed E-state index contributed by atoms with van der Waals surface area (Å²) in [5, 5.41) is 0. The van der Waals surface area contributed by atoms with Gasteiger partial charge in [0.15, 0.2) is 0 Å². The predicted molar refractivity (Wildman–Crippen MR) is 33.9 cm³/mol. The monoisotopic (exact) mass is 128 g/mol. The molecule has 2 atom stereocenters. The molecule has 0 spiro atoms. The minimum atomic E-state index is 0.383. The van der Waals surface area contributed by atoms with E-state index in [-0.39, 0.29) is 0 Å². The van der Waals surface area contributed by atoms with E-state index < -0.39 is 0 Å². The molecule has 3 heteroatoms. The highest BCUT2D eigenvalue weighted by atomic mass is 16.6. The highest BCUT2D eigenvalue weighted by Gasteiger charge is 2.41. The fourth-order valence-electron chi connectivity index (χ4n) is 1.45. The summed E-state index contributed by atoms with van der Waals surface area (Å²) in [5.41, 5.74) is 0. The van der Waals surface area contributed by atoms with Gasteiger partial charge in [-0.3, -0.25) is 9.80 Å². The van der Waals surface area contributed by atoms with Gasteiger partial charge in [-0.2, -0.15) is 0 Å². The van der Waals surface area contributed by atoms with Crippen molar-refractivity contribution in [1.82, 2.24) is 9.80 Å². The number of nitrogens with zero attached hydrogens (tertiary/aromatic N) is 2. The van der Waals surface area contributed by atoms with Gasteiger partial charge in [0.1, 0.15) is 12.5 Å². The van der Waals surface area contributed by atoms with Crippen molar-refractivity contribution in [2.24, 2.45) is 0 Å². The van der Waals surface area contributed by atoms with Gasteiger partial charge in [0, 0.05) is 13.1 Å². The molecular weight excluding hydrogens is 116 g/mol. The fourth-order valence-corrected chi connectivity index (χ4v) is 1.45. The largest absolute Gasteiger partial charge is 0.342 e. The van der Waals surface area contributed by atoms with E-state index in [4.69, 9.17) is 4.74 Å². The van der Waals surface area contributed by atoms with Crippen molar-refractivity contribution in [2.45, 2.75) is 12.5 Å². The van der Waals surface area contributed by atoms with Crippen LogP contribution in [-0.4, -0.2) is 49.4 Å². The Labute approximate surface area is 55.2 Å². The molecule has 3 aliphatic rings. The summed E-state index contributed by atoms with van der Waals surface area (Å²) in [7, 11) is 4.25. The summed E-state index contributed by atoms with van der Waals surface area (Å²) in [5.74, 6) is 0. The second-order valence-corrected chi connectivity index (χ2v) is 2.93. The highest BCUT2D eigenvalue weighted by molar-refractivity contribution is 4.84. The Hall–Kier alpha value is -0.120. The summed E-state index contributed by atoms with van der Waals surface area (Å²) < 4.78 is 5.44. The van der Waals surface area contributed by atoms with E-state index in [1.54, 1.807) is 0 Å². The summed E-state index contributed by atoms with van der Waals surface area (Å²) >= 11 is 0. The minimum Gasteiger partial charge on any atom is -0.342 e. The molecule has 3 heterocycles. The molecule has 3 rings (SSSR count). The zero-order chi connectivity index (χ0) is 6.43. The molecule has 3 nitrogen and oxygen atoms in total. The van der Waals surface area contributed by atoms with Crippen LogP contribution in [0.25, 0.3) is 0 Å². The maximum atomic E-state index is 5.44. The number of fused-ring (bicyclic) bond motifs is 2. The van der Waals surface area contributed by atoms with Crippen LogP contribution in [0.2, 0.25) is 0 Å². The van der Waals surface area contributed by atoms with Crippen molar-refractivity contribution in [3.63, 3.8) is 0 Å². The van der Waals surface area contributed by atoms with Crippen LogP contribution in [0.5, 0.6) is 0 Å².